The molecule has 0 aromatic carbocycles. The Kier molecular flexibility index (Phi) is 1.26. The number of hydrogen-bond acceptors (Lipinski definition) is 0. The smallest absolute Gasteiger partial charge is 0.0905 e. The molecule has 11 heavy (non-hydrogen) atoms. The first-order valence-corrected chi connectivity index (χ1v) is 4.81. The van der Waals surface area contributed by atoms with Gasteiger partial charge in [0.1, 0.15) is 0 Å². The number of rotatable bonds is 0. The maximum atomic E-state index is 4.29. The molecule has 2 aliphatic carbocycles. The van der Waals surface area contributed by atoms with Crippen LogP contribution in [0, 0.1) is 16.7 Å². The van der Waals surface area contributed by atoms with E-state index >= 15 is 0 Å². The highest BCUT2D eigenvalue weighted by atomic mass is 14.8. The van der Waals surface area contributed by atoms with Crippen molar-refractivity contribution in [2.45, 2.75) is 46.1 Å². The summed E-state index contributed by atoms with van der Waals surface area (Å²) in [7, 11) is 0. The van der Waals surface area contributed by atoms with Gasteiger partial charge in [-0.25, -0.2) is 0 Å². The van der Waals surface area contributed by atoms with Crippen molar-refractivity contribution < 1.29 is 5.73 Å². The van der Waals surface area contributed by atoms with E-state index in [0.717, 1.165) is 12.0 Å². The van der Waals surface area contributed by atoms with Gasteiger partial charge in [-0.1, -0.05) is 20.8 Å². The lowest BCUT2D eigenvalue weighted by atomic mass is 9.69. The van der Waals surface area contributed by atoms with E-state index in [4.69, 9.17) is 0 Å². The van der Waals surface area contributed by atoms with Crippen molar-refractivity contribution in [1.29, 1.82) is 0 Å². The molecule has 0 saturated heterocycles. The lowest BCUT2D eigenvalue weighted by Gasteiger charge is -2.35. The van der Waals surface area contributed by atoms with Crippen LogP contribution in [0.15, 0.2) is 0 Å². The summed E-state index contributed by atoms with van der Waals surface area (Å²) in [5.41, 5.74) is 5.41. The Labute approximate surface area is 69.4 Å². The molecule has 2 fully saturated rings. The minimum atomic E-state index is 0.553. The van der Waals surface area contributed by atoms with E-state index in [9.17, 15) is 0 Å². The predicted octanol–water partition coefficient (Wildman–Crippen LogP) is 1.44. The summed E-state index contributed by atoms with van der Waals surface area (Å²) < 4.78 is 0. The molecule has 0 spiro atoms. The Morgan fingerprint density at radius 1 is 1.27 bits per heavy atom. The molecule has 2 aliphatic rings. The van der Waals surface area contributed by atoms with E-state index in [1.807, 2.05) is 0 Å². The minimum Gasteiger partial charge on any atom is -0.355 e. The fourth-order valence-corrected chi connectivity index (χ4v) is 3.37. The maximum absolute atomic E-state index is 4.29. The molecule has 3 atom stereocenters. The Bertz CT molecular complexity index is 185. The van der Waals surface area contributed by atoms with Crippen molar-refractivity contribution in [3.05, 3.63) is 0 Å². The van der Waals surface area contributed by atoms with Crippen LogP contribution in [-0.2, 0) is 0 Å². The molecule has 2 bridgehead atoms. The van der Waals surface area contributed by atoms with E-state index in [2.05, 4.69) is 26.5 Å². The second-order valence-electron chi connectivity index (χ2n) is 5.31. The van der Waals surface area contributed by atoms with Gasteiger partial charge in [-0.05, 0) is 24.2 Å². The van der Waals surface area contributed by atoms with Gasteiger partial charge in [-0.3, -0.25) is 0 Å². The molecule has 2 saturated carbocycles. The topological polar surface area (TPSA) is 27.6 Å². The highest BCUT2D eigenvalue weighted by Crippen LogP contribution is 2.64. The highest BCUT2D eigenvalue weighted by molar-refractivity contribution is 5.09. The van der Waals surface area contributed by atoms with Crippen molar-refractivity contribution in [2.75, 3.05) is 0 Å². The van der Waals surface area contributed by atoms with E-state index in [1.54, 1.807) is 0 Å². The summed E-state index contributed by atoms with van der Waals surface area (Å²) in [4.78, 5) is 0. The molecule has 64 valence electrons. The number of hydrogen-bond donors (Lipinski definition) is 1. The van der Waals surface area contributed by atoms with Crippen LogP contribution in [0.1, 0.15) is 40.0 Å². The van der Waals surface area contributed by atoms with Gasteiger partial charge < -0.3 is 5.73 Å². The van der Waals surface area contributed by atoms with E-state index < -0.39 is 0 Å². The van der Waals surface area contributed by atoms with Crippen LogP contribution < -0.4 is 5.73 Å². The average Bonchev–Trinajstić information content (AvgIpc) is 2.20. The first kappa shape index (κ1) is 7.60. The first-order valence-electron chi connectivity index (χ1n) is 4.81. The van der Waals surface area contributed by atoms with Crippen molar-refractivity contribution >= 4 is 0 Å². The quantitative estimate of drug-likeness (QED) is 0.547. The normalized spacial score (nSPS) is 53.5. The summed E-state index contributed by atoms with van der Waals surface area (Å²) >= 11 is 0. The van der Waals surface area contributed by atoms with Crippen molar-refractivity contribution in [1.82, 2.24) is 0 Å². The van der Waals surface area contributed by atoms with Crippen LogP contribution in [0.25, 0.3) is 0 Å². The molecule has 3 N–H and O–H groups in total. The minimum absolute atomic E-state index is 0.553. The highest BCUT2D eigenvalue weighted by Gasteiger charge is 2.62. The van der Waals surface area contributed by atoms with Gasteiger partial charge in [-0.2, -0.15) is 0 Å². The third kappa shape index (κ3) is 0.658. The molecule has 1 heteroatoms. The lowest BCUT2D eigenvalue weighted by Crippen LogP contribution is -2.67. The van der Waals surface area contributed by atoms with Gasteiger partial charge in [-0.15, -0.1) is 0 Å². The van der Waals surface area contributed by atoms with Gasteiger partial charge in [0, 0.05) is 11.8 Å². The maximum Gasteiger partial charge on any atom is 0.0905 e. The van der Waals surface area contributed by atoms with Crippen LogP contribution >= 0.6 is 0 Å². The first-order chi connectivity index (χ1) is 4.98. The van der Waals surface area contributed by atoms with E-state index in [1.165, 1.54) is 19.3 Å². The second-order valence-corrected chi connectivity index (χ2v) is 5.31. The predicted molar refractivity (Wildman–Crippen MR) is 45.9 cm³/mol. The van der Waals surface area contributed by atoms with Crippen LogP contribution in [0.3, 0.4) is 0 Å². The van der Waals surface area contributed by atoms with Crippen LogP contribution in [0.4, 0.5) is 0 Å². The van der Waals surface area contributed by atoms with Crippen molar-refractivity contribution in [3.63, 3.8) is 0 Å². The van der Waals surface area contributed by atoms with Gasteiger partial charge >= 0.3 is 0 Å². The lowest BCUT2D eigenvalue weighted by molar-refractivity contribution is -0.446. The summed E-state index contributed by atoms with van der Waals surface area (Å²) in [6.07, 6.45) is 4.25. The van der Waals surface area contributed by atoms with Crippen LogP contribution in [0.2, 0.25) is 0 Å². The largest absolute Gasteiger partial charge is 0.355 e. The Hall–Kier alpha value is -0.0400. The standard InChI is InChI=1S/C10H19N/c1-9(2)7-4-5-10(9,3)8(11)6-7/h7-8H,4-6,11H2,1-3H3/p+1/t7-,8+,10+/m1/s1. The Morgan fingerprint density at radius 2 is 1.91 bits per heavy atom. The van der Waals surface area contributed by atoms with E-state index in [0.29, 0.717) is 10.8 Å². The summed E-state index contributed by atoms with van der Waals surface area (Å²) in [5.74, 6) is 0.968. The third-order valence-corrected chi connectivity index (χ3v) is 4.97. The van der Waals surface area contributed by atoms with Crippen molar-refractivity contribution in [3.8, 4) is 0 Å². The fourth-order valence-electron chi connectivity index (χ4n) is 3.37. The Balaban J connectivity index is 2.40. The zero-order valence-electron chi connectivity index (χ0n) is 7.98. The molecule has 0 amide bonds. The summed E-state index contributed by atoms with van der Waals surface area (Å²) in [5, 5.41) is 0. The number of quaternary nitrogens is 1. The zero-order valence-corrected chi connectivity index (χ0v) is 7.98. The fraction of sp³-hybridized carbons (Fsp3) is 1.00. The zero-order chi connectivity index (χ0) is 8.28. The van der Waals surface area contributed by atoms with Gasteiger partial charge in [0.15, 0.2) is 0 Å². The monoisotopic (exact) mass is 154 g/mol. The average molecular weight is 154 g/mol. The van der Waals surface area contributed by atoms with Crippen LogP contribution in [-0.4, -0.2) is 6.04 Å². The molecule has 0 aromatic heterocycles. The summed E-state index contributed by atoms with van der Waals surface area (Å²) in [6, 6.07) is 0.719. The summed E-state index contributed by atoms with van der Waals surface area (Å²) in [6.45, 7) is 7.32. The molecule has 1 nitrogen and oxygen atoms in total. The van der Waals surface area contributed by atoms with Gasteiger partial charge in [0.05, 0.1) is 6.04 Å². The molecule has 0 heterocycles. The molecular formula is C10H20N+. The molecule has 0 radical (unpaired) electrons. The SMILES string of the molecule is CC1(C)[C@@H]2CC[C@@]1(C)[C@@H]([NH3+])C2. The molecule has 0 aromatic rings. The third-order valence-electron chi connectivity index (χ3n) is 4.97. The molecular weight excluding hydrogens is 134 g/mol. The molecule has 0 unspecified atom stereocenters. The number of fused-ring (bicyclic) bond motifs is 2. The van der Waals surface area contributed by atoms with Gasteiger partial charge in [0.25, 0.3) is 0 Å². The Morgan fingerprint density at radius 3 is 2.09 bits per heavy atom. The second kappa shape index (κ2) is 1.82. The van der Waals surface area contributed by atoms with Gasteiger partial charge in [0.2, 0.25) is 0 Å². The molecule has 0 aliphatic heterocycles. The van der Waals surface area contributed by atoms with Crippen molar-refractivity contribution in [2.24, 2.45) is 16.7 Å². The van der Waals surface area contributed by atoms with E-state index in [-0.39, 0.29) is 0 Å². The molecule has 2 rings (SSSR count). The van der Waals surface area contributed by atoms with Crippen LogP contribution in [0.5, 0.6) is 0 Å².